The van der Waals surface area contributed by atoms with Gasteiger partial charge in [0.15, 0.2) is 0 Å². The molecule has 0 spiro atoms. The number of hydrogen-bond acceptors (Lipinski definition) is 4. The van der Waals surface area contributed by atoms with Crippen molar-refractivity contribution in [3.8, 4) is 5.75 Å². The summed E-state index contributed by atoms with van der Waals surface area (Å²) in [5, 5.41) is 2.84. The average Bonchev–Trinajstić information content (AvgIpc) is 3.21. The molecule has 1 heterocycles. The molecule has 32 heavy (non-hydrogen) atoms. The zero-order valence-electron chi connectivity index (χ0n) is 18.2. The van der Waals surface area contributed by atoms with Crippen molar-refractivity contribution in [2.45, 2.75) is 25.6 Å². The molecule has 0 aromatic heterocycles. The highest BCUT2D eigenvalue weighted by Crippen LogP contribution is 2.42. The van der Waals surface area contributed by atoms with Crippen molar-refractivity contribution in [2.75, 3.05) is 22.6 Å². The maximum atomic E-state index is 12.6. The Labute approximate surface area is 192 Å². The summed E-state index contributed by atoms with van der Waals surface area (Å²) >= 11 is 1.60. The fourth-order valence-electron chi connectivity index (χ4n) is 3.65. The summed E-state index contributed by atoms with van der Waals surface area (Å²) in [5.74, 6) is 1.17. The lowest BCUT2D eigenvalue weighted by atomic mass is 10.1. The number of nitrogens with one attached hydrogen (secondary N) is 1. The van der Waals surface area contributed by atoms with Crippen LogP contribution in [0, 0.1) is 0 Å². The monoisotopic (exact) mass is 446 g/mol. The Morgan fingerprint density at radius 3 is 2.31 bits per heavy atom. The van der Waals surface area contributed by atoms with Gasteiger partial charge in [-0.2, -0.15) is 0 Å². The molecule has 0 radical (unpaired) electrons. The Hall–Kier alpha value is -3.25. The van der Waals surface area contributed by atoms with Gasteiger partial charge in [-0.15, -0.1) is 11.8 Å². The number of nitrogens with zero attached hydrogens (tertiary/aromatic N) is 1. The molecule has 1 N–H and O–H groups in total. The second-order valence-corrected chi connectivity index (χ2v) is 8.55. The predicted octanol–water partition coefficient (Wildman–Crippen LogP) is 5.68. The molecule has 1 atom stereocenters. The van der Waals surface area contributed by atoms with Crippen molar-refractivity contribution in [1.82, 2.24) is 0 Å². The Morgan fingerprint density at radius 1 is 1.00 bits per heavy atom. The zero-order valence-corrected chi connectivity index (χ0v) is 19.0. The minimum absolute atomic E-state index is 0.0806. The second kappa shape index (κ2) is 9.92. The van der Waals surface area contributed by atoms with E-state index in [0.717, 1.165) is 29.1 Å². The standard InChI is InChI=1S/C26H26N2O3S/c1-3-18-5-7-19(8-6-18)25(30)27-21-11-9-20(10-12-21)26-28(24(29)17-32-26)22-13-15-23(16-14-22)31-4-2/h5-16,26H,3-4,17H2,1-2H3,(H,27,30)/t26-/m1/s1. The molecule has 0 bridgehead atoms. The van der Waals surface area contributed by atoms with Gasteiger partial charge < -0.3 is 10.1 Å². The number of thioether (sulfide) groups is 1. The molecule has 1 saturated heterocycles. The van der Waals surface area contributed by atoms with Gasteiger partial charge in [0.05, 0.1) is 12.4 Å². The van der Waals surface area contributed by atoms with Crippen LogP contribution in [0.5, 0.6) is 5.75 Å². The fraction of sp³-hybridized carbons (Fsp3) is 0.231. The molecule has 2 amide bonds. The summed E-state index contributed by atoms with van der Waals surface area (Å²) in [5.41, 5.74) is 4.41. The van der Waals surface area contributed by atoms with E-state index in [9.17, 15) is 9.59 Å². The molecule has 1 aliphatic heterocycles. The van der Waals surface area contributed by atoms with Crippen LogP contribution in [-0.4, -0.2) is 24.2 Å². The van der Waals surface area contributed by atoms with Gasteiger partial charge in [-0.25, -0.2) is 0 Å². The van der Waals surface area contributed by atoms with Gasteiger partial charge in [-0.3, -0.25) is 14.5 Å². The minimum atomic E-state index is -0.137. The van der Waals surface area contributed by atoms with Gasteiger partial charge in [0, 0.05) is 16.9 Å². The van der Waals surface area contributed by atoms with E-state index in [1.165, 1.54) is 5.56 Å². The SMILES string of the molecule is CCOc1ccc(N2C(=O)CS[C@@H]2c2ccc(NC(=O)c3ccc(CC)cc3)cc2)cc1. The molecule has 3 aromatic carbocycles. The molecule has 5 nitrogen and oxygen atoms in total. The molecule has 1 fully saturated rings. The number of carbonyl (C=O) groups excluding carboxylic acids is 2. The van der Waals surface area contributed by atoms with Crippen molar-refractivity contribution in [3.63, 3.8) is 0 Å². The van der Waals surface area contributed by atoms with Crippen LogP contribution in [0.3, 0.4) is 0 Å². The quantitative estimate of drug-likeness (QED) is 0.507. The van der Waals surface area contributed by atoms with Gasteiger partial charge >= 0.3 is 0 Å². The van der Waals surface area contributed by atoms with E-state index in [0.29, 0.717) is 17.9 Å². The number of anilines is 2. The molecule has 1 aliphatic rings. The van der Waals surface area contributed by atoms with Crippen molar-refractivity contribution in [2.24, 2.45) is 0 Å². The maximum absolute atomic E-state index is 12.6. The molecular formula is C26H26N2O3S. The molecule has 0 aliphatic carbocycles. The van der Waals surface area contributed by atoms with Crippen molar-refractivity contribution >= 4 is 35.0 Å². The molecule has 6 heteroatoms. The Kier molecular flexibility index (Phi) is 6.81. The van der Waals surface area contributed by atoms with E-state index in [4.69, 9.17) is 4.74 Å². The number of benzene rings is 3. The average molecular weight is 447 g/mol. The molecule has 0 unspecified atom stereocenters. The first kappa shape index (κ1) is 22.0. The topological polar surface area (TPSA) is 58.6 Å². The summed E-state index contributed by atoms with van der Waals surface area (Å²) in [7, 11) is 0. The first-order valence-electron chi connectivity index (χ1n) is 10.8. The van der Waals surface area contributed by atoms with E-state index in [1.807, 2.05) is 84.6 Å². The molecular weight excluding hydrogens is 420 g/mol. The lowest BCUT2D eigenvalue weighted by Gasteiger charge is -2.24. The van der Waals surface area contributed by atoms with Gasteiger partial charge in [0.2, 0.25) is 5.91 Å². The summed E-state index contributed by atoms with van der Waals surface area (Å²) in [6.07, 6.45) is 0.943. The predicted molar refractivity (Wildman–Crippen MR) is 131 cm³/mol. The Morgan fingerprint density at radius 2 is 1.69 bits per heavy atom. The van der Waals surface area contributed by atoms with Crippen LogP contribution in [0.2, 0.25) is 0 Å². The van der Waals surface area contributed by atoms with Crippen LogP contribution in [-0.2, 0) is 11.2 Å². The second-order valence-electron chi connectivity index (χ2n) is 7.48. The number of ether oxygens (including phenoxy) is 1. The van der Waals surface area contributed by atoms with Gasteiger partial charge in [-0.1, -0.05) is 31.2 Å². The first-order chi connectivity index (χ1) is 15.6. The fourth-order valence-corrected chi connectivity index (χ4v) is 4.82. The highest BCUT2D eigenvalue weighted by molar-refractivity contribution is 8.00. The summed E-state index contributed by atoms with van der Waals surface area (Å²) < 4.78 is 5.51. The van der Waals surface area contributed by atoms with Crippen LogP contribution in [0.15, 0.2) is 72.8 Å². The van der Waals surface area contributed by atoms with E-state index >= 15 is 0 Å². The van der Waals surface area contributed by atoms with E-state index in [-0.39, 0.29) is 17.2 Å². The van der Waals surface area contributed by atoms with E-state index in [2.05, 4.69) is 12.2 Å². The van der Waals surface area contributed by atoms with E-state index < -0.39 is 0 Å². The summed E-state index contributed by atoms with van der Waals surface area (Å²) in [6, 6.07) is 22.9. The summed E-state index contributed by atoms with van der Waals surface area (Å²) in [4.78, 5) is 27.0. The normalized spacial score (nSPS) is 15.6. The van der Waals surface area contributed by atoms with Crippen molar-refractivity contribution in [3.05, 3.63) is 89.5 Å². The van der Waals surface area contributed by atoms with Crippen LogP contribution in [0.4, 0.5) is 11.4 Å². The maximum Gasteiger partial charge on any atom is 0.255 e. The van der Waals surface area contributed by atoms with Crippen molar-refractivity contribution in [1.29, 1.82) is 0 Å². The van der Waals surface area contributed by atoms with Crippen LogP contribution >= 0.6 is 11.8 Å². The van der Waals surface area contributed by atoms with E-state index in [1.54, 1.807) is 11.8 Å². The third kappa shape index (κ3) is 4.81. The van der Waals surface area contributed by atoms with Crippen LogP contribution in [0.1, 0.15) is 40.7 Å². The summed E-state index contributed by atoms with van der Waals surface area (Å²) in [6.45, 7) is 4.63. The van der Waals surface area contributed by atoms with Gasteiger partial charge in [0.25, 0.3) is 5.91 Å². The van der Waals surface area contributed by atoms with Gasteiger partial charge in [0.1, 0.15) is 11.1 Å². The number of carbonyl (C=O) groups is 2. The highest BCUT2D eigenvalue weighted by Gasteiger charge is 2.34. The molecule has 0 saturated carbocycles. The largest absolute Gasteiger partial charge is 0.494 e. The number of hydrogen-bond donors (Lipinski definition) is 1. The molecule has 164 valence electrons. The number of aryl methyl sites for hydroxylation is 1. The third-order valence-corrected chi connectivity index (χ3v) is 6.58. The lowest BCUT2D eigenvalue weighted by Crippen LogP contribution is -2.27. The third-order valence-electron chi connectivity index (χ3n) is 5.37. The Balaban J connectivity index is 1.47. The lowest BCUT2D eigenvalue weighted by molar-refractivity contribution is -0.115. The smallest absolute Gasteiger partial charge is 0.255 e. The molecule has 4 rings (SSSR count). The van der Waals surface area contributed by atoms with Gasteiger partial charge in [-0.05, 0) is 73.0 Å². The highest BCUT2D eigenvalue weighted by atomic mass is 32.2. The Bertz CT molecular complexity index is 1080. The minimum Gasteiger partial charge on any atom is -0.494 e. The van der Waals surface area contributed by atoms with Crippen molar-refractivity contribution < 1.29 is 14.3 Å². The molecule has 3 aromatic rings. The van der Waals surface area contributed by atoms with Crippen LogP contribution in [0.25, 0.3) is 0 Å². The first-order valence-corrected chi connectivity index (χ1v) is 11.8. The number of rotatable bonds is 7. The van der Waals surface area contributed by atoms with Crippen LogP contribution < -0.4 is 15.0 Å². The zero-order chi connectivity index (χ0) is 22.5. The number of amides is 2.